The number of rotatable bonds is 8. The van der Waals surface area contributed by atoms with Gasteiger partial charge in [-0.15, -0.1) is 6.58 Å². The number of benzene rings is 1. The Morgan fingerprint density at radius 1 is 1.35 bits per heavy atom. The summed E-state index contributed by atoms with van der Waals surface area (Å²) in [5.41, 5.74) is 1.05. The predicted molar refractivity (Wildman–Crippen MR) is 100.0 cm³/mol. The van der Waals surface area contributed by atoms with Crippen LogP contribution in [0.3, 0.4) is 0 Å². The number of sulfonamides is 1. The number of methoxy groups -OCH3 is 1. The van der Waals surface area contributed by atoms with Gasteiger partial charge in [0.15, 0.2) is 18.1 Å². The fraction of sp³-hybridized carbons (Fsp3) is 0.500. The smallest absolute Gasteiger partial charge is 0.258 e. The van der Waals surface area contributed by atoms with Crippen LogP contribution in [0, 0.1) is 0 Å². The molecule has 2 rings (SSSR count). The van der Waals surface area contributed by atoms with Crippen molar-refractivity contribution in [3.05, 3.63) is 36.4 Å². The average molecular weight is 382 g/mol. The average Bonchev–Trinajstić information content (AvgIpc) is 2.60. The number of hydrogen-bond donors (Lipinski definition) is 1. The van der Waals surface area contributed by atoms with Gasteiger partial charge in [0.1, 0.15) is 0 Å². The highest BCUT2D eigenvalue weighted by molar-refractivity contribution is 7.88. The molecule has 1 fully saturated rings. The van der Waals surface area contributed by atoms with Gasteiger partial charge >= 0.3 is 0 Å². The Morgan fingerprint density at radius 2 is 2.04 bits per heavy atom. The first-order valence-corrected chi connectivity index (χ1v) is 10.3. The number of piperidine rings is 1. The summed E-state index contributed by atoms with van der Waals surface area (Å²) < 4.78 is 35.3. The summed E-state index contributed by atoms with van der Waals surface area (Å²) in [6, 6.07) is 5.49. The molecule has 1 aliphatic rings. The zero-order chi connectivity index (χ0) is 19.2. The maximum Gasteiger partial charge on any atom is 0.258 e. The number of nitrogens with one attached hydrogen (secondary N) is 1. The van der Waals surface area contributed by atoms with Gasteiger partial charge in [-0.25, -0.2) is 12.7 Å². The molecule has 144 valence electrons. The van der Waals surface area contributed by atoms with Crippen molar-refractivity contribution in [1.29, 1.82) is 0 Å². The van der Waals surface area contributed by atoms with Crippen LogP contribution < -0.4 is 14.8 Å². The van der Waals surface area contributed by atoms with Gasteiger partial charge in [-0.05, 0) is 37.0 Å². The minimum atomic E-state index is -3.16. The quantitative estimate of drug-likeness (QED) is 0.686. The Labute approximate surface area is 155 Å². The summed E-state index contributed by atoms with van der Waals surface area (Å²) in [5, 5.41) is 2.89. The van der Waals surface area contributed by atoms with Crippen LogP contribution in [0.4, 0.5) is 0 Å². The predicted octanol–water partition coefficient (Wildman–Crippen LogP) is 1.34. The van der Waals surface area contributed by atoms with Gasteiger partial charge in [0.05, 0.1) is 13.4 Å². The second-order valence-electron chi connectivity index (χ2n) is 6.27. The van der Waals surface area contributed by atoms with Crippen LogP contribution in [0.1, 0.15) is 18.4 Å². The van der Waals surface area contributed by atoms with E-state index in [4.69, 9.17) is 9.47 Å². The molecule has 8 heteroatoms. The molecule has 0 bridgehead atoms. The molecule has 1 heterocycles. The molecular weight excluding hydrogens is 356 g/mol. The van der Waals surface area contributed by atoms with E-state index in [0.717, 1.165) is 12.0 Å². The van der Waals surface area contributed by atoms with Crippen LogP contribution >= 0.6 is 0 Å². The monoisotopic (exact) mass is 382 g/mol. The number of allylic oxidation sites excluding steroid dienone is 1. The van der Waals surface area contributed by atoms with Gasteiger partial charge in [0, 0.05) is 19.1 Å². The molecule has 1 saturated heterocycles. The lowest BCUT2D eigenvalue weighted by Crippen LogP contribution is -2.47. The largest absolute Gasteiger partial charge is 0.493 e. The number of amides is 1. The number of hydrogen-bond acceptors (Lipinski definition) is 5. The van der Waals surface area contributed by atoms with Gasteiger partial charge in [0.2, 0.25) is 10.0 Å². The molecule has 1 aromatic carbocycles. The van der Waals surface area contributed by atoms with E-state index < -0.39 is 10.0 Å². The summed E-state index contributed by atoms with van der Waals surface area (Å²) in [6.07, 6.45) is 4.92. The number of carbonyl (C=O) groups is 1. The summed E-state index contributed by atoms with van der Waals surface area (Å²) >= 11 is 0. The Bertz CT molecular complexity index is 740. The van der Waals surface area contributed by atoms with E-state index >= 15 is 0 Å². The highest BCUT2D eigenvalue weighted by atomic mass is 32.2. The molecule has 0 atom stereocenters. The Hall–Kier alpha value is -2.06. The van der Waals surface area contributed by atoms with Crippen molar-refractivity contribution >= 4 is 15.9 Å². The standard InChI is InChI=1S/C18H26N2O5S/c1-4-5-14-6-7-16(17(12-14)24-2)25-13-18(21)19-15-8-10-20(11-9-15)26(3,22)23/h4,6-7,12,15H,1,5,8-11,13H2,2-3H3,(H,19,21). The van der Waals surface area contributed by atoms with Crippen molar-refractivity contribution in [1.82, 2.24) is 9.62 Å². The summed E-state index contributed by atoms with van der Waals surface area (Å²) in [6.45, 7) is 4.42. The molecule has 0 unspecified atom stereocenters. The lowest BCUT2D eigenvalue weighted by Gasteiger charge is -2.30. The molecule has 0 aromatic heterocycles. The van der Waals surface area contributed by atoms with Crippen molar-refractivity contribution < 1.29 is 22.7 Å². The van der Waals surface area contributed by atoms with Gasteiger partial charge < -0.3 is 14.8 Å². The molecule has 0 radical (unpaired) electrons. The first-order valence-electron chi connectivity index (χ1n) is 8.48. The van der Waals surface area contributed by atoms with E-state index in [9.17, 15) is 13.2 Å². The maximum absolute atomic E-state index is 12.1. The van der Waals surface area contributed by atoms with Gasteiger partial charge in [-0.3, -0.25) is 4.79 Å². The van der Waals surface area contributed by atoms with E-state index in [0.29, 0.717) is 37.4 Å². The van der Waals surface area contributed by atoms with Gasteiger partial charge in [0.25, 0.3) is 5.91 Å². The topological polar surface area (TPSA) is 84.9 Å². The minimum absolute atomic E-state index is 0.0408. The summed E-state index contributed by atoms with van der Waals surface area (Å²) in [7, 11) is -1.61. The van der Waals surface area contributed by atoms with Crippen molar-refractivity contribution in [2.75, 3.05) is 33.1 Å². The molecule has 1 aliphatic heterocycles. The molecular formula is C18H26N2O5S. The van der Waals surface area contributed by atoms with E-state index in [1.54, 1.807) is 19.3 Å². The zero-order valence-electron chi connectivity index (χ0n) is 15.2. The Morgan fingerprint density at radius 3 is 2.62 bits per heavy atom. The molecule has 7 nitrogen and oxygen atoms in total. The summed E-state index contributed by atoms with van der Waals surface area (Å²) in [5.74, 6) is 0.834. The van der Waals surface area contributed by atoms with E-state index in [1.165, 1.54) is 10.6 Å². The third kappa shape index (κ3) is 5.74. The van der Waals surface area contributed by atoms with E-state index in [2.05, 4.69) is 11.9 Å². The van der Waals surface area contributed by atoms with E-state index in [1.807, 2.05) is 12.1 Å². The molecule has 1 N–H and O–H groups in total. The lowest BCUT2D eigenvalue weighted by atomic mass is 10.1. The van der Waals surface area contributed by atoms with Crippen molar-refractivity contribution in [3.8, 4) is 11.5 Å². The number of carbonyl (C=O) groups excluding carboxylic acids is 1. The Balaban J connectivity index is 1.83. The molecule has 0 spiro atoms. The normalized spacial score (nSPS) is 16.1. The first-order chi connectivity index (χ1) is 12.3. The van der Waals surface area contributed by atoms with Crippen LogP contribution in [-0.4, -0.2) is 57.7 Å². The van der Waals surface area contributed by atoms with E-state index in [-0.39, 0.29) is 18.6 Å². The van der Waals surface area contributed by atoms with Crippen molar-refractivity contribution in [2.24, 2.45) is 0 Å². The second kappa shape index (κ2) is 9.05. The summed E-state index contributed by atoms with van der Waals surface area (Å²) in [4.78, 5) is 12.1. The van der Waals surface area contributed by atoms with Crippen molar-refractivity contribution in [3.63, 3.8) is 0 Å². The first kappa shape index (κ1) is 20.3. The fourth-order valence-corrected chi connectivity index (χ4v) is 3.74. The highest BCUT2D eigenvalue weighted by Gasteiger charge is 2.25. The number of ether oxygens (including phenoxy) is 2. The molecule has 26 heavy (non-hydrogen) atoms. The van der Waals surface area contributed by atoms with Crippen LogP contribution in [-0.2, 0) is 21.2 Å². The zero-order valence-corrected chi connectivity index (χ0v) is 16.0. The lowest BCUT2D eigenvalue weighted by molar-refractivity contribution is -0.124. The van der Waals surface area contributed by atoms with Crippen molar-refractivity contribution in [2.45, 2.75) is 25.3 Å². The maximum atomic E-state index is 12.1. The Kier molecular flexibility index (Phi) is 7.05. The van der Waals surface area contributed by atoms with Gasteiger partial charge in [-0.2, -0.15) is 0 Å². The van der Waals surface area contributed by atoms with Crippen LogP contribution in [0.25, 0.3) is 0 Å². The van der Waals surface area contributed by atoms with Crippen LogP contribution in [0.2, 0.25) is 0 Å². The fourth-order valence-electron chi connectivity index (χ4n) is 2.87. The second-order valence-corrected chi connectivity index (χ2v) is 8.25. The molecule has 1 aromatic rings. The van der Waals surface area contributed by atoms with Crippen LogP contribution in [0.5, 0.6) is 11.5 Å². The highest BCUT2D eigenvalue weighted by Crippen LogP contribution is 2.28. The number of nitrogens with zero attached hydrogens (tertiary/aromatic N) is 1. The third-order valence-electron chi connectivity index (χ3n) is 4.25. The van der Waals surface area contributed by atoms with Gasteiger partial charge in [-0.1, -0.05) is 12.1 Å². The molecule has 1 amide bonds. The SMILES string of the molecule is C=CCc1ccc(OCC(=O)NC2CCN(S(C)(=O)=O)CC2)c(OC)c1. The minimum Gasteiger partial charge on any atom is -0.493 e. The third-order valence-corrected chi connectivity index (χ3v) is 5.56. The van der Waals surface area contributed by atoms with Crippen LogP contribution in [0.15, 0.2) is 30.9 Å². The molecule has 0 saturated carbocycles. The molecule has 0 aliphatic carbocycles.